The molecule has 0 aliphatic carbocycles. The number of nitro groups is 1. The van der Waals surface area contributed by atoms with Gasteiger partial charge in [-0.3, -0.25) is 14.9 Å². The van der Waals surface area contributed by atoms with E-state index < -0.39 is 10.8 Å². The van der Waals surface area contributed by atoms with E-state index in [1.54, 1.807) is 24.3 Å². The van der Waals surface area contributed by atoms with Crippen LogP contribution in [0.1, 0.15) is 5.56 Å². The van der Waals surface area contributed by atoms with Crippen LogP contribution in [0, 0.1) is 21.4 Å². The lowest BCUT2D eigenvalue weighted by atomic mass is 10.1. The molecular formula is C16H9BrClN3O3. The highest BCUT2D eigenvalue weighted by Crippen LogP contribution is 2.27. The number of halogens is 2. The minimum atomic E-state index is -0.632. The summed E-state index contributed by atoms with van der Waals surface area (Å²) in [5.41, 5.74) is 0.687. The SMILES string of the molecule is N#CC(=Cc1cccc(Cl)c1)C(=O)Nc1ccc([N+](=O)[O-])cc1Br. The summed E-state index contributed by atoms with van der Waals surface area (Å²) in [6, 6.07) is 12.4. The number of benzene rings is 2. The lowest BCUT2D eigenvalue weighted by Gasteiger charge is -2.06. The van der Waals surface area contributed by atoms with Gasteiger partial charge in [0.25, 0.3) is 11.6 Å². The Morgan fingerprint density at radius 3 is 2.67 bits per heavy atom. The topological polar surface area (TPSA) is 96.0 Å². The third-order valence-electron chi connectivity index (χ3n) is 2.94. The minimum absolute atomic E-state index is 0.116. The fourth-order valence-corrected chi connectivity index (χ4v) is 2.48. The normalized spacial score (nSPS) is 10.8. The smallest absolute Gasteiger partial charge is 0.270 e. The molecule has 0 unspecified atom stereocenters. The summed E-state index contributed by atoms with van der Waals surface area (Å²) in [5.74, 6) is -0.632. The first-order valence-corrected chi connectivity index (χ1v) is 7.70. The zero-order chi connectivity index (χ0) is 17.7. The number of nitrogens with zero attached hydrogens (tertiary/aromatic N) is 2. The Morgan fingerprint density at radius 2 is 2.08 bits per heavy atom. The molecule has 0 heterocycles. The third kappa shape index (κ3) is 4.41. The predicted octanol–water partition coefficient (Wildman–Crippen LogP) is 4.56. The van der Waals surface area contributed by atoms with Crippen LogP contribution >= 0.6 is 27.5 Å². The van der Waals surface area contributed by atoms with Crippen molar-refractivity contribution < 1.29 is 9.72 Å². The molecule has 0 saturated heterocycles. The second-order valence-corrected chi connectivity index (χ2v) is 5.89. The van der Waals surface area contributed by atoms with E-state index in [-0.39, 0.29) is 11.3 Å². The van der Waals surface area contributed by atoms with Gasteiger partial charge in [-0.2, -0.15) is 5.26 Å². The van der Waals surface area contributed by atoms with Crippen molar-refractivity contribution in [1.82, 2.24) is 0 Å². The molecule has 0 saturated carbocycles. The van der Waals surface area contributed by atoms with Crippen LogP contribution in [0.3, 0.4) is 0 Å². The molecule has 2 aromatic rings. The van der Waals surface area contributed by atoms with Gasteiger partial charge in [-0.1, -0.05) is 23.7 Å². The summed E-state index contributed by atoms with van der Waals surface area (Å²) in [6.45, 7) is 0. The van der Waals surface area contributed by atoms with E-state index >= 15 is 0 Å². The van der Waals surface area contributed by atoms with Gasteiger partial charge in [0, 0.05) is 21.6 Å². The van der Waals surface area contributed by atoms with Crippen molar-refractivity contribution in [2.75, 3.05) is 5.32 Å². The molecule has 120 valence electrons. The van der Waals surface area contributed by atoms with E-state index in [0.29, 0.717) is 20.7 Å². The van der Waals surface area contributed by atoms with E-state index in [2.05, 4.69) is 21.2 Å². The summed E-state index contributed by atoms with van der Waals surface area (Å²) < 4.78 is 0.338. The quantitative estimate of drug-likeness (QED) is 0.348. The van der Waals surface area contributed by atoms with Crippen LogP contribution in [0.25, 0.3) is 6.08 Å². The summed E-state index contributed by atoms with van der Waals surface area (Å²) >= 11 is 9.02. The number of hydrogen-bond acceptors (Lipinski definition) is 4. The Balaban J connectivity index is 2.24. The van der Waals surface area contributed by atoms with Crippen molar-refractivity contribution in [3.8, 4) is 6.07 Å². The summed E-state index contributed by atoms with van der Waals surface area (Å²) in [7, 11) is 0. The first kappa shape index (κ1) is 17.7. The number of nitrogens with one attached hydrogen (secondary N) is 1. The number of nitriles is 1. The molecule has 0 atom stereocenters. The maximum atomic E-state index is 12.2. The van der Waals surface area contributed by atoms with E-state index in [1.807, 2.05) is 6.07 Å². The first-order valence-electron chi connectivity index (χ1n) is 6.53. The van der Waals surface area contributed by atoms with Gasteiger partial charge in [0.2, 0.25) is 0 Å². The Hall–Kier alpha value is -2.69. The molecule has 8 heteroatoms. The molecule has 24 heavy (non-hydrogen) atoms. The van der Waals surface area contributed by atoms with E-state index in [9.17, 15) is 20.2 Å². The second kappa shape index (κ2) is 7.73. The number of hydrogen-bond donors (Lipinski definition) is 1. The number of carbonyl (C=O) groups excluding carboxylic acids is 1. The highest BCUT2D eigenvalue weighted by Gasteiger charge is 2.14. The number of anilines is 1. The molecule has 6 nitrogen and oxygen atoms in total. The number of non-ortho nitro benzene ring substituents is 1. The molecular weight excluding hydrogens is 398 g/mol. The summed E-state index contributed by atoms with van der Waals surface area (Å²) in [4.78, 5) is 22.4. The molecule has 2 rings (SSSR count). The highest BCUT2D eigenvalue weighted by atomic mass is 79.9. The monoisotopic (exact) mass is 405 g/mol. The number of carbonyl (C=O) groups is 1. The van der Waals surface area contributed by atoms with Crippen molar-refractivity contribution in [3.63, 3.8) is 0 Å². The van der Waals surface area contributed by atoms with Crippen LogP contribution < -0.4 is 5.32 Å². The highest BCUT2D eigenvalue weighted by molar-refractivity contribution is 9.10. The van der Waals surface area contributed by atoms with Crippen LogP contribution in [-0.4, -0.2) is 10.8 Å². The molecule has 0 radical (unpaired) electrons. The van der Waals surface area contributed by atoms with Gasteiger partial charge in [0.1, 0.15) is 11.6 Å². The average molecular weight is 407 g/mol. The molecule has 2 aromatic carbocycles. The van der Waals surface area contributed by atoms with Gasteiger partial charge >= 0.3 is 0 Å². The zero-order valence-electron chi connectivity index (χ0n) is 12.0. The molecule has 0 fully saturated rings. The second-order valence-electron chi connectivity index (χ2n) is 4.60. The van der Waals surface area contributed by atoms with Gasteiger partial charge in [0.15, 0.2) is 0 Å². The van der Waals surface area contributed by atoms with E-state index in [1.165, 1.54) is 24.3 Å². The molecule has 0 aliphatic heterocycles. The molecule has 0 aliphatic rings. The lowest BCUT2D eigenvalue weighted by Crippen LogP contribution is -2.13. The molecule has 1 amide bonds. The summed E-state index contributed by atoms with van der Waals surface area (Å²) in [6.07, 6.45) is 1.40. The minimum Gasteiger partial charge on any atom is -0.320 e. The molecule has 0 bridgehead atoms. The average Bonchev–Trinajstić information content (AvgIpc) is 2.54. The van der Waals surface area contributed by atoms with Crippen LogP contribution in [0.5, 0.6) is 0 Å². The van der Waals surface area contributed by atoms with Crippen molar-refractivity contribution >= 4 is 50.9 Å². The zero-order valence-corrected chi connectivity index (χ0v) is 14.3. The number of amides is 1. The number of nitro benzene ring substituents is 1. The van der Waals surface area contributed by atoms with Crippen LogP contribution in [-0.2, 0) is 4.79 Å². The van der Waals surface area contributed by atoms with Crippen LogP contribution in [0.4, 0.5) is 11.4 Å². The maximum Gasteiger partial charge on any atom is 0.270 e. The maximum absolute atomic E-state index is 12.2. The Morgan fingerprint density at radius 1 is 1.33 bits per heavy atom. The van der Waals surface area contributed by atoms with Gasteiger partial charge in [0.05, 0.1) is 10.6 Å². The third-order valence-corrected chi connectivity index (χ3v) is 3.83. The van der Waals surface area contributed by atoms with E-state index in [4.69, 9.17) is 11.6 Å². The van der Waals surface area contributed by atoms with Crippen molar-refractivity contribution in [3.05, 3.63) is 73.2 Å². The van der Waals surface area contributed by atoms with Crippen molar-refractivity contribution in [2.45, 2.75) is 0 Å². The summed E-state index contributed by atoms with van der Waals surface area (Å²) in [5, 5.41) is 22.9. The predicted molar refractivity (Wildman–Crippen MR) is 94.5 cm³/mol. The van der Waals surface area contributed by atoms with Crippen LogP contribution in [0.2, 0.25) is 5.02 Å². The fourth-order valence-electron chi connectivity index (χ4n) is 1.82. The Bertz CT molecular complexity index is 890. The van der Waals surface area contributed by atoms with Gasteiger partial charge < -0.3 is 5.32 Å². The van der Waals surface area contributed by atoms with E-state index in [0.717, 1.165) is 0 Å². The van der Waals surface area contributed by atoms with Crippen LogP contribution in [0.15, 0.2) is 52.5 Å². The largest absolute Gasteiger partial charge is 0.320 e. The van der Waals surface area contributed by atoms with Gasteiger partial charge in [-0.05, 0) is 45.8 Å². The fraction of sp³-hybridized carbons (Fsp3) is 0. The molecule has 1 N–H and O–H groups in total. The van der Waals surface area contributed by atoms with Crippen molar-refractivity contribution in [1.29, 1.82) is 5.26 Å². The molecule has 0 spiro atoms. The van der Waals surface area contributed by atoms with Gasteiger partial charge in [-0.15, -0.1) is 0 Å². The number of rotatable bonds is 4. The van der Waals surface area contributed by atoms with Crippen molar-refractivity contribution in [2.24, 2.45) is 0 Å². The van der Waals surface area contributed by atoms with Gasteiger partial charge in [-0.25, -0.2) is 0 Å². The molecule has 0 aromatic heterocycles. The standard InChI is InChI=1S/C16H9BrClN3O3/c17-14-8-13(21(23)24)4-5-15(14)20-16(22)11(9-19)6-10-2-1-3-12(18)7-10/h1-8H,(H,20,22). The first-order chi connectivity index (χ1) is 11.4. The Labute approximate surface area is 150 Å². The Kier molecular flexibility index (Phi) is 5.68. The lowest BCUT2D eigenvalue weighted by molar-refractivity contribution is -0.384.